The van der Waals surface area contributed by atoms with Gasteiger partial charge in [0.1, 0.15) is 5.70 Å². The molecule has 0 saturated heterocycles. The molecule has 1 amide bonds. The van der Waals surface area contributed by atoms with Crippen molar-refractivity contribution < 1.29 is 23.9 Å². The molecule has 0 aromatic heterocycles. The van der Waals surface area contributed by atoms with Crippen LogP contribution in [0.3, 0.4) is 0 Å². The topological polar surface area (TPSA) is 84.9 Å². The molecule has 28 heavy (non-hydrogen) atoms. The molecule has 1 heterocycles. The van der Waals surface area contributed by atoms with Gasteiger partial charge < -0.3 is 19.7 Å². The van der Waals surface area contributed by atoms with Gasteiger partial charge in [-0.1, -0.05) is 17.7 Å². The van der Waals surface area contributed by atoms with Crippen LogP contribution in [0.4, 0.5) is 5.69 Å². The minimum absolute atomic E-state index is 0.0251. The number of methoxy groups -OCH3 is 2. The lowest BCUT2D eigenvalue weighted by Crippen LogP contribution is -2.30. The fourth-order valence-electron chi connectivity index (χ4n) is 2.54. The Morgan fingerprint density at radius 3 is 2.32 bits per heavy atom. The van der Waals surface area contributed by atoms with Crippen LogP contribution in [0.15, 0.2) is 53.9 Å². The largest absolute Gasteiger partial charge is 0.465 e. The van der Waals surface area contributed by atoms with Crippen molar-refractivity contribution in [1.29, 1.82) is 0 Å². The first kappa shape index (κ1) is 21.2. The summed E-state index contributed by atoms with van der Waals surface area (Å²) in [6.45, 7) is 3.69. The number of anilines is 1. The quantitative estimate of drug-likeness (QED) is 0.759. The SMILES string of the molecule is COC(=O)C1=C(C(=O)OC)N(c2ccc(C(=O)NC(C)C)c(Cl)c2)C=CC=C1. The van der Waals surface area contributed by atoms with Crippen LogP contribution in [0.2, 0.25) is 5.02 Å². The van der Waals surface area contributed by atoms with Crippen molar-refractivity contribution in [3.8, 4) is 0 Å². The molecule has 1 aromatic carbocycles. The van der Waals surface area contributed by atoms with Crippen molar-refractivity contribution in [2.75, 3.05) is 19.1 Å². The van der Waals surface area contributed by atoms with Gasteiger partial charge in [-0.2, -0.15) is 0 Å². The van der Waals surface area contributed by atoms with E-state index < -0.39 is 11.9 Å². The first-order valence-corrected chi connectivity index (χ1v) is 8.83. The fourth-order valence-corrected chi connectivity index (χ4v) is 2.80. The molecule has 0 fully saturated rings. The highest BCUT2D eigenvalue weighted by atomic mass is 35.5. The van der Waals surface area contributed by atoms with E-state index in [0.29, 0.717) is 11.3 Å². The zero-order valence-electron chi connectivity index (χ0n) is 16.0. The van der Waals surface area contributed by atoms with E-state index in [9.17, 15) is 14.4 Å². The predicted molar refractivity (Wildman–Crippen MR) is 106 cm³/mol. The second-order valence-electron chi connectivity index (χ2n) is 6.11. The van der Waals surface area contributed by atoms with E-state index in [4.69, 9.17) is 21.1 Å². The van der Waals surface area contributed by atoms with Crippen LogP contribution >= 0.6 is 11.6 Å². The number of nitrogens with one attached hydrogen (secondary N) is 1. The van der Waals surface area contributed by atoms with Crippen molar-refractivity contribution in [3.63, 3.8) is 0 Å². The molecule has 7 nitrogen and oxygen atoms in total. The summed E-state index contributed by atoms with van der Waals surface area (Å²) in [5.74, 6) is -1.72. The molecular formula is C20H21ClN2O5. The van der Waals surface area contributed by atoms with Gasteiger partial charge in [-0.25, -0.2) is 9.59 Å². The molecule has 2 rings (SSSR count). The Bertz CT molecular complexity index is 887. The highest BCUT2D eigenvalue weighted by Gasteiger charge is 2.28. The van der Waals surface area contributed by atoms with Gasteiger partial charge in [-0.05, 0) is 44.2 Å². The van der Waals surface area contributed by atoms with Crippen LogP contribution in [-0.4, -0.2) is 38.1 Å². The molecule has 148 valence electrons. The molecule has 1 aliphatic heterocycles. The van der Waals surface area contributed by atoms with Crippen LogP contribution in [0, 0.1) is 0 Å². The molecule has 1 aliphatic rings. The van der Waals surface area contributed by atoms with E-state index in [1.807, 2.05) is 13.8 Å². The summed E-state index contributed by atoms with van der Waals surface area (Å²) in [6.07, 6.45) is 6.28. The number of ether oxygens (including phenoxy) is 2. The first-order valence-electron chi connectivity index (χ1n) is 8.45. The summed E-state index contributed by atoms with van der Waals surface area (Å²) >= 11 is 6.30. The summed E-state index contributed by atoms with van der Waals surface area (Å²) in [5.41, 5.74) is 0.757. The zero-order chi connectivity index (χ0) is 20.8. The molecule has 0 radical (unpaired) electrons. The van der Waals surface area contributed by atoms with Gasteiger partial charge in [0.25, 0.3) is 5.91 Å². The number of carbonyl (C=O) groups excluding carboxylic acids is 3. The highest BCUT2D eigenvalue weighted by molar-refractivity contribution is 6.34. The molecule has 0 unspecified atom stereocenters. The zero-order valence-corrected chi connectivity index (χ0v) is 16.7. The van der Waals surface area contributed by atoms with E-state index in [2.05, 4.69) is 5.32 Å². The van der Waals surface area contributed by atoms with Crippen LogP contribution in [0.25, 0.3) is 0 Å². The minimum Gasteiger partial charge on any atom is -0.465 e. The third-order valence-electron chi connectivity index (χ3n) is 3.78. The van der Waals surface area contributed by atoms with Crippen LogP contribution < -0.4 is 10.2 Å². The lowest BCUT2D eigenvalue weighted by atomic mass is 10.1. The normalized spacial score (nSPS) is 13.4. The molecular weight excluding hydrogens is 384 g/mol. The van der Waals surface area contributed by atoms with Crippen LogP contribution in [0.5, 0.6) is 0 Å². The number of rotatable bonds is 5. The molecule has 0 atom stereocenters. The molecule has 0 aliphatic carbocycles. The Hall–Kier alpha value is -3.06. The molecule has 0 saturated carbocycles. The van der Waals surface area contributed by atoms with E-state index in [-0.39, 0.29) is 28.2 Å². The highest BCUT2D eigenvalue weighted by Crippen LogP contribution is 2.30. The van der Waals surface area contributed by atoms with Crippen molar-refractivity contribution in [1.82, 2.24) is 5.32 Å². The number of amides is 1. The maximum Gasteiger partial charge on any atom is 0.355 e. The Morgan fingerprint density at radius 1 is 1.07 bits per heavy atom. The van der Waals surface area contributed by atoms with Gasteiger partial charge in [-0.15, -0.1) is 0 Å². The smallest absolute Gasteiger partial charge is 0.355 e. The van der Waals surface area contributed by atoms with Crippen LogP contribution in [0.1, 0.15) is 24.2 Å². The third kappa shape index (κ3) is 4.61. The Balaban J connectivity index is 2.55. The second-order valence-corrected chi connectivity index (χ2v) is 6.52. The summed E-state index contributed by atoms with van der Waals surface area (Å²) in [4.78, 5) is 38.3. The van der Waals surface area contributed by atoms with Crippen molar-refractivity contribution in [2.24, 2.45) is 0 Å². The third-order valence-corrected chi connectivity index (χ3v) is 4.10. The average molecular weight is 405 g/mol. The minimum atomic E-state index is -0.727. The fraction of sp³-hybridized carbons (Fsp3) is 0.250. The van der Waals surface area contributed by atoms with Gasteiger partial charge in [-0.3, -0.25) is 4.79 Å². The van der Waals surface area contributed by atoms with E-state index in [0.717, 1.165) is 0 Å². The van der Waals surface area contributed by atoms with Crippen molar-refractivity contribution in [2.45, 2.75) is 19.9 Å². The van der Waals surface area contributed by atoms with E-state index >= 15 is 0 Å². The maximum atomic E-state index is 12.4. The average Bonchev–Trinajstić information content (AvgIpc) is 2.88. The number of esters is 2. The summed E-state index contributed by atoms with van der Waals surface area (Å²) in [5, 5.41) is 2.97. The van der Waals surface area contributed by atoms with Gasteiger partial charge in [0.15, 0.2) is 0 Å². The number of halogens is 1. The first-order chi connectivity index (χ1) is 13.3. The maximum absolute atomic E-state index is 12.4. The van der Waals surface area contributed by atoms with Gasteiger partial charge in [0, 0.05) is 17.9 Å². The number of hydrogen-bond donors (Lipinski definition) is 1. The summed E-state index contributed by atoms with van der Waals surface area (Å²) < 4.78 is 9.62. The van der Waals surface area contributed by atoms with Gasteiger partial charge in [0.05, 0.1) is 30.4 Å². The molecule has 8 heteroatoms. The standard InChI is InChI=1S/C20H21ClN2O5/c1-12(2)22-18(24)14-9-8-13(11-16(14)21)23-10-6-5-7-15(19(25)27-3)17(23)20(26)28-4/h5-12H,1-4H3,(H,22,24). The van der Waals surface area contributed by atoms with E-state index in [1.165, 1.54) is 31.3 Å². The number of hydrogen-bond acceptors (Lipinski definition) is 6. The number of carbonyl (C=O) groups is 3. The van der Waals surface area contributed by atoms with Crippen molar-refractivity contribution in [3.05, 3.63) is 64.5 Å². The second kappa shape index (κ2) is 9.23. The Morgan fingerprint density at radius 2 is 1.75 bits per heavy atom. The Kier molecular flexibility index (Phi) is 7.00. The van der Waals surface area contributed by atoms with Gasteiger partial charge >= 0.3 is 11.9 Å². The van der Waals surface area contributed by atoms with Crippen LogP contribution in [-0.2, 0) is 19.1 Å². The number of nitrogens with zero attached hydrogens (tertiary/aromatic N) is 1. The van der Waals surface area contributed by atoms with Gasteiger partial charge in [0.2, 0.25) is 0 Å². The van der Waals surface area contributed by atoms with Crippen molar-refractivity contribution >= 4 is 35.1 Å². The Labute approximate surface area is 168 Å². The lowest BCUT2D eigenvalue weighted by molar-refractivity contribution is -0.139. The molecule has 1 N–H and O–H groups in total. The number of allylic oxidation sites excluding steroid dienone is 2. The molecule has 0 spiro atoms. The predicted octanol–water partition coefficient (Wildman–Crippen LogP) is 2.97. The summed E-state index contributed by atoms with van der Waals surface area (Å²) in [6, 6.07) is 4.66. The van der Waals surface area contributed by atoms with E-state index in [1.54, 1.807) is 30.5 Å². The monoisotopic (exact) mass is 404 g/mol. The lowest BCUT2D eigenvalue weighted by Gasteiger charge is -2.23. The number of benzene rings is 1. The molecule has 0 bridgehead atoms. The summed E-state index contributed by atoms with van der Waals surface area (Å²) in [7, 11) is 2.44. The molecule has 1 aromatic rings.